The molecule has 0 saturated carbocycles. The Labute approximate surface area is 115 Å². The predicted molar refractivity (Wildman–Crippen MR) is 76.3 cm³/mol. The normalized spacial score (nSPS) is 12.1. The van der Waals surface area contributed by atoms with Crippen LogP contribution >= 0.6 is 0 Å². The van der Waals surface area contributed by atoms with E-state index in [0.29, 0.717) is 23.4 Å². The SMILES string of the molecule is Cc1cc(S(=O)(=O)CCCC(C)(C)C#N)ccc1N. The van der Waals surface area contributed by atoms with E-state index in [4.69, 9.17) is 11.0 Å². The number of benzene rings is 1. The fourth-order valence-corrected chi connectivity index (χ4v) is 3.11. The highest BCUT2D eigenvalue weighted by atomic mass is 32.2. The van der Waals surface area contributed by atoms with Crippen LogP contribution in [0.5, 0.6) is 0 Å². The van der Waals surface area contributed by atoms with Crippen LogP contribution in [0.25, 0.3) is 0 Å². The van der Waals surface area contributed by atoms with Gasteiger partial charge in [-0.3, -0.25) is 0 Å². The van der Waals surface area contributed by atoms with Crippen molar-refractivity contribution in [3.8, 4) is 6.07 Å². The van der Waals surface area contributed by atoms with Crippen LogP contribution < -0.4 is 5.73 Å². The molecule has 0 aliphatic heterocycles. The number of nitrogen functional groups attached to an aromatic ring is 1. The Kier molecular flexibility index (Phi) is 4.59. The molecule has 0 amide bonds. The maximum atomic E-state index is 12.1. The van der Waals surface area contributed by atoms with Crippen molar-refractivity contribution < 1.29 is 8.42 Å². The molecule has 0 aliphatic rings. The Morgan fingerprint density at radius 2 is 2.00 bits per heavy atom. The van der Waals surface area contributed by atoms with Crippen molar-refractivity contribution in [2.24, 2.45) is 5.41 Å². The number of rotatable bonds is 5. The van der Waals surface area contributed by atoms with E-state index in [0.717, 1.165) is 5.56 Å². The van der Waals surface area contributed by atoms with E-state index < -0.39 is 15.3 Å². The molecule has 0 aliphatic carbocycles. The summed E-state index contributed by atoms with van der Waals surface area (Å²) in [5.41, 5.74) is 6.55. The summed E-state index contributed by atoms with van der Waals surface area (Å²) in [7, 11) is -3.30. The minimum atomic E-state index is -3.30. The standard InChI is InChI=1S/C14H20N2O2S/c1-11-9-12(5-6-13(11)16)19(17,18)8-4-7-14(2,3)10-15/h5-6,9H,4,7-8,16H2,1-3H3. The maximum Gasteiger partial charge on any atom is 0.178 e. The smallest absolute Gasteiger partial charge is 0.178 e. The molecule has 0 unspecified atom stereocenters. The number of hydrogen-bond acceptors (Lipinski definition) is 4. The third-order valence-electron chi connectivity index (χ3n) is 3.12. The number of anilines is 1. The van der Waals surface area contributed by atoms with Crippen molar-refractivity contribution in [2.75, 3.05) is 11.5 Å². The van der Waals surface area contributed by atoms with Crippen molar-refractivity contribution in [2.45, 2.75) is 38.5 Å². The Morgan fingerprint density at radius 1 is 1.37 bits per heavy atom. The van der Waals surface area contributed by atoms with Crippen molar-refractivity contribution in [3.63, 3.8) is 0 Å². The van der Waals surface area contributed by atoms with E-state index in [9.17, 15) is 8.42 Å². The van der Waals surface area contributed by atoms with E-state index in [2.05, 4.69) is 6.07 Å². The summed E-state index contributed by atoms with van der Waals surface area (Å²) in [5.74, 6) is 0.0570. The highest BCUT2D eigenvalue weighted by molar-refractivity contribution is 7.91. The first-order valence-electron chi connectivity index (χ1n) is 6.18. The molecule has 2 N–H and O–H groups in total. The second-order valence-electron chi connectivity index (χ2n) is 5.44. The monoisotopic (exact) mass is 280 g/mol. The van der Waals surface area contributed by atoms with E-state index >= 15 is 0 Å². The molecular weight excluding hydrogens is 260 g/mol. The van der Waals surface area contributed by atoms with Gasteiger partial charge < -0.3 is 5.73 Å². The van der Waals surface area contributed by atoms with Crippen LogP contribution in [0.4, 0.5) is 5.69 Å². The summed E-state index contributed by atoms with van der Waals surface area (Å²) in [4.78, 5) is 0.300. The number of nitrogens with two attached hydrogens (primary N) is 1. The molecule has 19 heavy (non-hydrogen) atoms. The molecule has 1 aromatic carbocycles. The molecule has 0 aromatic heterocycles. The fraction of sp³-hybridized carbons (Fsp3) is 0.500. The molecule has 104 valence electrons. The predicted octanol–water partition coefficient (Wildman–Crippen LogP) is 2.68. The number of nitriles is 1. The Morgan fingerprint density at radius 3 is 2.53 bits per heavy atom. The molecule has 0 spiro atoms. The van der Waals surface area contributed by atoms with Crippen molar-refractivity contribution >= 4 is 15.5 Å². The van der Waals surface area contributed by atoms with Gasteiger partial charge in [-0.15, -0.1) is 0 Å². The first kappa shape index (κ1) is 15.5. The van der Waals surface area contributed by atoms with Gasteiger partial charge in [-0.25, -0.2) is 8.42 Å². The van der Waals surface area contributed by atoms with Crippen LogP contribution in [0.2, 0.25) is 0 Å². The molecule has 5 heteroatoms. The molecular formula is C14H20N2O2S. The second-order valence-corrected chi connectivity index (χ2v) is 7.55. The van der Waals surface area contributed by atoms with Crippen LogP contribution in [0.1, 0.15) is 32.3 Å². The van der Waals surface area contributed by atoms with Crippen LogP contribution in [0.3, 0.4) is 0 Å². The molecule has 1 aromatic rings. The van der Waals surface area contributed by atoms with Gasteiger partial charge in [0.2, 0.25) is 0 Å². The van der Waals surface area contributed by atoms with Gasteiger partial charge >= 0.3 is 0 Å². The maximum absolute atomic E-state index is 12.1. The van der Waals surface area contributed by atoms with E-state index in [1.165, 1.54) is 6.07 Å². The summed E-state index contributed by atoms with van der Waals surface area (Å²) in [5, 5.41) is 8.89. The average molecular weight is 280 g/mol. The zero-order valence-electron chi connectivity index (χ0n) is 11.6. The second kappa shape index (κ2) is 5.62. The number of hydrogen-bond donors (Lipinski definition) is 1. The first-order chi connectivity index (χ1) is 8.68. The Bertz CT molecular complexity index is 598. The summed E-state index contributed by atoms with van der Waals surface area (Å²) < 4.78 is 24.3. The lowest BCUT2D eigenvalue weighted by Crippen LogP contribution is -2.13. The van der Waals surface area contributed by atoms with E-state index in [-0.39, 0.29) is 5.75 Å². The van der Waals surface area contributed by atoms with Crippen LogP contribution in [-0.2, 0) is 9.84 Å². The van der Waals surface area contributed by atoms with Gasteiger partial charge in [-0.05, 0) is 57.4 Å². The molecule has 0 fully saturated rings. The molecule has 0 bridgehead atoms. The van der Waals surface area contributed by atoms with Crippen LogP contribution in [0, 0.1) is 23.7 Å². The lowest BCUT2D eigenvalue weighted by atomic mass is 9.90. The van der Waals surface area contributed by atoms with Gasteiger partial charge in [-0.1, -0.05) is 0 Å². The topological polar surface area (TPSA) is 84.0 Å². The molecule has 0 heterocycles. The van der Waals surface area contributed by atoms with Gasteiger partial charge in [0.05, 0.1) is 22.1 Å². The highest BCUT2D eigenvalue weighted by Gasteiger charge is 2.20. The van der Waals surface area contributed by atoms with E-state index in [1.807, 2.05) is 13.8 Å². The van der Waals surface area contributed by atoms with Gasteiger partial charge in [0.1, 0.15) is 0 Å². The summed E-state index contributed by atoms with van der Waals surface area (Å²) in [6.07, 6.45) is 1.04. The van der Waals surface area contributed by atoms with Crippen molar-refractivity contribution in [3.05, 3.63) is 23.8 Å². The fourth-order valence-electron chi connectivity index (χ4n) is 1.72. The summed E-state index contributed by atoms with van der Waals surface area (Å²) in [6, 6.07) is 6.92. The molecule has 0 saturated heterocycles. The number of sulfone groups is 1. The summed E-state index contributed by atoms with van der Waals surface area (Å²) >= 11 is 0. The number of nitrogens with zero attached hydrogens (tertiary/aromatic N) is 1. The van der Waals surface area contributed by atoms with Gasteiger partial charge in [0.15, 0.2) is 9.84 Å². The zero-order valence-corrected chi connectivity index (χ0v) is 12.4. The quantitative estimate of drug-likeness (QED) is 0.840. The van der Waals surface area contributed by atoms with E-state index in [1.54, 1.807) is 19.1 Å². The lowest BCUT2D eigenvalue weighted by molar-refractivity contribution is 0.445. The molecule has 1 rings (SSSR count). The minimum Gasteiger partial charge on any atom is -0.399 e. The summed E-state index contributed by atoms with van der Waals surface area (Å²) in [6.45, 7) is 5.41. The third kappa shape index (κ3) is 4.25. The molecule has 0 radical (unpaired) electrons. The number of aryl methyl sites for hydroxylation is 1. The Hall–Kier alpha value is -1.54. The van der Waals surface area contributed by atoms with Gasteiger partial charge in [-0.2, -0.15) is 5.26 Å². The van der Waals surface area contributed by atoms with Crippen LogP contribution in [-0.4, -0.2) is 14.2 Å². The van der Waals surface area contributed by atoms with Crippen molar-refractivity contribution in [1.82, 2.24) is 0 Å². The van der Waals surface area contributed by atoms with Crippen LogP contribution in [0.15, 0.2) is 23.1 Å². The van der Waals surface area contributed by atoms with Gasteiger partial charge in [0, 0.05) is 5.69 Å². The minimum absolute atomic E-state index is 0.0570. The van der Waals surface area contributed by atoms with Gasteiger partial charge in [0.25, 0.3) is 0 Å². The average Bonchev–Trinajstić information content (AvgIpc) is 2.32. The third-order valence-corrected chi connectivity index (χ3v) is 4.92. The Balaban J connectivity index is 2.77. The largest absolute Gasteiger partial charge is 0.399 e. The first-order valence-corrected chi connectivity index (χ1v) is 7.83. The molecule has 4 nitrogen and oxygen atoms in total. The highest BCUT2D eigenvalue weighted by Crippen LogP contribution is 2.23. The van der Waals surface area contributed by atoms with Crippen molar-refractivity contribution in [1.29, 1.82) is 5.26 Å². The molecule has 0 atom stereocenters. The zero-order chi connectivity index (χ0) is 14.7. The lowest BCUT2D eigenvalue weighted by Gasteiger charge is -2.14.